The van der Waals surface area contributed by atoms with E-state index in [2.05, 4.69) is 22.3 Å². The molecule has 0 radical (unpaired) electrons. The number of hydrogen-bond acceptors (Lipinski definition) is 5. The first-order chi connectivity index (χ1) is 9.89. The molecule has 2 N–H and O–H groups in total. The third kappa shape index (κ3) is 3.85. The highest BCUT2D eigenvalue weighted by atomic mass is 32.2. The molecule has 0 aliphatic heterocycles. The van der Waals surface area contributed by atoms with Gasteiger partial charge in [-0.05, 0) is 12.0 Å². The quantitative estimate of drug-likeness (QED) is 0.690. The highest BCUT2D eigenvalue weighted by Gasteiger charge is 2.22. The fourth-order valence-electron chi connectivity index (χ4n) is 1.86. The Hall–Kier alpha value is -1.82. The van der Waals surface area contributed by atoms with Gasteiger partial charge in [-0.2, -0.15) is 4.68 Å². The van der Waals surface area contributed by atoms with Crippen molar-refractivity contribution < 1.29 is 0 Å². The van der Waals surface area contributed by atoms with Crippen molar-refractivity contribution in [3.8, 4) is 0 Å². The Balaban J connectivity index is 2.08. The number of nitrogens with zero attached hydrogens (tertiary/aromatic N) is 3. The summed E-state index contributed by atoms with van der Waals surface area (Å²) >= 11 is 1.44. The molecule has 21 heavy (non-hydrogen) atoms. The minimum atomic E-state index is -0.363. The molecule has 112 valence electrons. The molecule has 0 bridgehead atoms. The summed E-state index contributed by atoms with van der Waals surface area (Å²) in [6.07, 6.45) is 0.891. The van der Waals surface area contributed by atoms with Crippen LogP contribution in [-0.2, 0) is 11.8 Å². The molecule has 2 aromatic rings. The average Bonchev–Trinajstić information content (AvgIpc) is 2.43. The van der Waals surface area contributed by atoms with Crippen molar-refractivity contribution in [2.24, 2.45) is 0 Å². The molecule has 2 rings (SSSR count). The number of nitrogens with two attached hydrogens (primary N) is 1. The zero-order chi connectivity index (χ0) is 15.5. The van der Waals surface area contributed by atoms with Crippen molar-refractivity contribution in [2.45, 2.75) is 37.8 Å². The molecule has 6 heteroatoms. The number of hydrogen-bond donors (Lipinski definition) is 1. The van der Waals surface area contributed by atoms with Crippen LogP contribution in [0.3, 0.4) is 0 Å². The lowest BCUT2D eigenvalue weighted by Gasteiger charge is -2.17. The van der Waals surface area contributed by atoms with E-state index in [9.17, 15) is 4.79 Å². The van der Waals surface area contributed by atoms with E-state index < -0.39 is 0 Å². The molecule has 0 saturated carbocycles. The number of thioether (sulfide) groups is 1. The van der Waals surface area contributed by atoms with E-state index in [1.54, 1.807) is 0 Å². The summed E-state index contributed by atoms with van der Waals surface area (Å²) < 4.78 is 1.10. The Morgan fingerprint density at radius 1 is 1.19 bits per heavy atom. The standard InChI is InChI=1S/C15H20N4OS/c1-15(2,3)12-13(20)19(16)14(18-17-12)21-10-9-11-7-5-4-6-8-11/h4-8H,9-10,16H2,1-3H3. The summed E-state index contributed by atoms with van der Waals surface area (Å²) in [5.41, 5.74) is 0.991. The molecule has 1 heterocycles. The lowest BCUT2D eigenvalue weighted by atomic mass is 9.93. The molecule has 0 saturated heterocycles. The minimum Gasteiger partial charge on any atom is -0.334 e. The van der Waals surface area contributed by atoms with E-state index in [0.717, 1.165) is 16.8 Å². The molecular weight excluding hydrogens is 284 g/mol. The molecule has 0 unspecified atom stereocenters. The highest BCUT2D eigenvalue weighted by Crippen LogP contribution is 2.18. The van der Waals surface area contributed by atoms with Crippen molar-refractivity contribution in [3.05, 3.63) is 51.9 Å². The summed E-state index contributed by atoms with van der Waals surface area (Å²) in [5.74, 6) is 6.64. The van der Waals surface area contributed by atoms with E-state index in [0.29, 0.717) is 10.9 Å². The fourth-order valence-corrected chi connectivity index (χ4v) is 2.70. The van der Waals surface area contributed by atoms with Gasteiger partial charge in [0.25, 0.3) is 5.56 Å². The molecule has 0 fully saturated rings. The first-order valence-electron chi connectivity index (χ1n) is 6.81. The van der Waals surface area contributed by atoms with Gasteiger partial charge in [0, 0.05) is 11.2 Å². The molecule has 1 aromatic carbocycles. The van der Waals surface area contributed by atoms with Crippen LogP contribution < -0.4 is 11.4 Å². The second-order valence-corrected chi connectivity index (χ2v) is 6.90. The third-order valence-electron chi connectivity index (χ3n) is 3.04. The molecule has 1 aromatic heterocycles. The van der Waals surface area contributed by atoms with Gasteiger partial charge in [-0.25, -0.2) is 0 Å². The number of aromatic nitrogens is 3. The minimum absolute atomic E-state index is 0.278. The van der Waals surface area contributed by atoms with Gasteiger partial charge in [-0.15, -0.1) is 10.2 Å². The summed E-state index contributed by atoms with van der Waals surface area (Å²) in [6.45, 7) is 5.75. The maximum atomic E-state index is 12.2. The van der Waals surface area contributed by atoms with Crippen LogP contribution in [0.1, 0.15) is 32.0 Å². The van der Waals surface area contributed by atoms with Crippen LogP contribution in [0, 0.1) is 0 Å². The molecule has 0 atom stereocenters. The Morgan fingerprint density at radius 3 is 2.48 bits per heavy atom. The van der Waals surface area contributed by atoms with Crippen LogP contribution in [0.2, 0.25) is 0 Å². The third-order valence-corrected chi connectivity index (χ3v) is 3.98. The molecule has 0 aliphatic carbocycles. The molecule has 0 amide bonds. The largest absolute Gasteiger partial charge is 0.334 e. The topological polar surface area (TPSA) is 73.8 Å². The summed E-state index contributed by atoms with van der Waals surface area (Å²) in [7, 11) is 0. The lowest BCUT2D eigenvalue weighted by molar-refractivity contribution is 0.520. The van der Waals surface area contributed by atoms with Gasteiger partial charge in [-0.1, -0.05) is 62.9 Å². The Labute approximate surface area is 128 Å². The SMILES string of the molecule is CC(C)(C)c1nnc(SCCc2ccccc2)n(N)c1=O. The average molecular weight is 304 g/mol. The van der Waals surface area contributed by atoms with Gasteiger partial charge in [0.2, 0.25) is 5.16 Å². The summed E-state index contributed by atoms with van der Waals surface area (Å²) in [4.78, 5) is 12.2. The Bertz CT molecular complexity index is 662. The Morgan fingerprint density at radius 2 is 1.86 bits per heavy atom. The van der Waals surface area contributed by atoms with Crippen LogP contribution >= 0.6 is 11.8 Å². The first-order valence-corrected chi connectivity index (χ1v) is 7.80. The van der Waals surface area contributed by atoms with Crippen LogP contribution in [-0.4, -0.2) is 20.6 Å². The van der Waals surface area contributed by atoms with E-state index in [1.165, 1.54) is 17.3 Å². The summed E-state index contributed by atoms with van der Waals surface area (Å²) in [6, 6.07) is 10.2. The van der Waals surface area contributed by atoms with E-state index in [1.807, 2.05) is 39.0 Å². The van der Waals surface area contributed by atoms with Crippen molar-refractivity contribution in [2.75, 3.05) is 11.6 Å². The number of rotatable bonds is 4. The first kappa shape index (κ1) is 15.6. The van der Waals surface area contributed by atoms with Crippen LogP contribution in [0.15, 0.2) is 40.3 Å². The predicted octanol–water partition coefficient (Wildman–Crippen LogP) is 1.98. The van der Waals surface area contributed by atoms with E-state index >= 15 is 0 Å². The second-order valence-electron chi connectivity index (χ2n) is 5.84. The fraction of sp³-hybridized carbons (Fsp3) is 0.400. The van der Waals surface area contributed by atoms with Gasteiger partial charge < -0.3 is 5.84 Å². The molecular formula is C15H20N4OS. The van der Waals surface area contributed by atoms with Gasteiger partial charge in [0.1, 0.15) is 5.69 Å². The molecule has 0 aliphatic rings. The molecule has 0 spiro atoms. The maximum absolute atomic E-state index is 12.2. The summed E-state index contributed by atoms with van der Waals surface area (Å²) in [5, 5.41) is 8.59. The lowest BCUT2D eigenvalue weighted by Crippen LogP contribution is -2.38. The molecule has 5 nitrogen and oxygen atoms in total. The van der Waals surface area contributed by atoms with Crippen LogP contribution in [0.25, 0.3) is 0 Å². The van der Waals surface area contributed by atoms with Gasteiger partial charge in [0.15, 0.2) is 0 Å². The van der Waals surface area contributed by atoms with E-state index in [-0.39, 0.29) is 11.0 Å². The maximum Gasteiger partial charge on any atom is 0.295 e. The van der Waals surface area contributed by atoms with Crippen molar-refractivity contribution >= 4 is 11.8 Å². The van der Waals surface area contributed by atoms with Crippen molar-refractivity contribution in [1.29, 1.82) is 0 Å². The van der Waals surface area contributed by atoms with Gasteiger partial charge >= 0.3 is 0 Å². The van der Waals surface area contributed by atoms with Crippen LogP contribution in [0.5, 0.6) is 0 Å². The predicted molar refractivity (Wildman–Crippen MR) is 86.0 cm³/mol. The number of nitrogen functional groups attached to an aromatic ring is 1. The van der Waals surface area contributed by atoms with Crippen LogP contribution in [0.4, 0.5) is 0 Å². The highest BCUT2D eigenvalue weighted by molar-refractivity contribution is 7.99. The normalized spacial score (nSPS) is 11.6. The van der Waals surface area contributed by atoms with Gasteiger partial charge in [-0.3, -0.25) is 4.79 Å². The van der Waals surface area contributed by atoms with Gasteiger partial charge in [0.05, 0.1) is 0 Å². The van der Waals surface area contributed by atoms with E-state index in [4.69, 9.17) is 5.84 Å². The van der Waals surface area contributed by atoms with Crippen molar-refractivity contribution in [1.82, 2.24) is 14.9 Å². The smallest absolute Gasteiger partial charge is 0.295 e. The zero-order valence-corrected chi connectivity index (χ0v) is 13.4. The second kappa shape index (κ2) is 6.30. The Kier molecular flexibility index (Phi) is 4.67. The van der Waals surface area contributed by atoms with Crippen molar-refractivity contribution in [3.63, 3.8) is 0 Å². The number of aryl methyl sites for hydroxylation is 1. The monoisotopic (exact) mass is 304 g/mol. The zero-order valence-electron chi connectivity index (χ0n) is 12.5. The number of benzene rings is 1.